The molecule has 0 saturated heterocycles. The van der Waals surface area contributed by atoms with Crippen LogP contribution in [-0.4, -0.2) is 34.0 Å². The molecule has 0 radical (unpaired) electrons. The number of hydrogen-bond donors (Lipinski definition) is 0. The van der Waals surface area contributed by atoms with E-state index < -0.39 is 0 Å². The molecule has 0 aliphatic carbocycles. The van der Waals surface area contributed by atoms with E-state index in [9.17, 15) is 0 Å². The van der Waals surface area contributed by atoms with Crippen LogP contribution < -0.4 is 9.47 Å². The van der Waals surface area contributed by atoms with Gasteiger partial charge in [-0.05, 0) is 24.6 Å². The van der Waals surface area contributed by atoms with Crippen LogP contribution in [0.1, 0.15) is 12.6 Å². The summed E-state index contributed by atoms with van der Waals surface area (Å²) in [5, 5.41) is 12.5. The molecule has 3 rings (SSSR count). The first kappa shape index (κ1) is 13.4. The Hall–Kier alpha value is -2.63. The van der Waals surface area contributed by atoms with Gasteiger partial charge < -0.3 is 9.47 Å². The van der Waals surface area contributed by atoms with Gasteiger partial charge in [0.15, 0.2) is 5.65 Å². The molecule has 1 aromatic carbocycles. The predicted molar refractivity (Wildman–Crippen MR) is 78.7 cm³/mol. The summed E-state index contributed by atoms with van der Waals surface area (Å²) in [6, 6.07) is 7.74. The summed E-state index contributed by atoms with van der Waals surface area (Å²) >= 11 is 0. The highest BCUT2D eigenvalue weighted by molar-refractivity contribution is 5.81. The van der Waals surface area contributed by atoms with Crippen LogP contribution in [0, 0.1) is 0 Å². The summed E-state index contributed by atoms with van der Waals surface area (Å²) in [6.07, 6.45) is 2.44. The van der Waals surface area contributed by atoms with E-state index in [2.05, 4.69) is 22.2 Å². The van der Waals surface area contributed by atoms with Crippen molar-refractivity contribution in [3.05, 3.63) is 36.3 Å². The predicted octanol–water partition coefficient (Wildman–Crippen LogP) is 2.37. The van der Waals surface area contributed by atoms with Crippen molar-refractivity contribution in [3.8, 4) is 22.6 Å². The molecule has 0 aliphatic heterocycles. The lowest BCUT2D eigenvalue weighted by Gasteiger charge is -2.11. The number of benzene rings is 1. The van der Waals surface area contributed by atoms with E-state index in [0.717, 1.165) is 34.7 Å². The van der Waals surface area contributed by atoms with Gasteiger partial charge in [-0.25, -0.2) is 0 Å². The number of aromatic nitrogens is 4. The molecule has 0 atom stereocenters. The molecule has 0 spiro atoms. The van der Waals surface area contributed by atoms with Gasteiger partial charge in [-0.3, -0.25) is 0 Å². The lowest BCUT2D eigenvalue weighted by atomic mass is 10.0. The molecule has 0 N–H and O–H groups in total. The minimum absolute atomic E-state index is 0.704. The highest BCUT2D eigenvalue weighted by atomic mass is 16.5. The monoisotopic (exact) mass is 284 g/mol. The minimum Gasteiger partial charge on any atom is -0.497 e. The average molecular weight is 284 g/mol. The SMILES string of the molecule is CCc1cc(-c2ccc(OC)cc2OC)c2nncn2n1. The highest BCUT2D eigenvalue weighted by Gasteiger charge is 2.14. The number of nitrogens with zero attached hydrogens (tertiary/aromatic N) is 4. The molecule has 3 aromatic rings. The van der Waals surface area contributed by atoms with Crippen molar-refractivity contribution in [1.82, 2.24) is 19.8 Å². The summed E-state index contributed by atoms with van der Waals surface area (Å²) in [7, 11) is 3.27. The van der Waals surface area contributed by atoms with Crippen LogP contribution in [0.4, 0.5) is 0 Å². The van der Waals surface area contributed by atoms with Gasteiger partial charge in [0.05, 0.1) is 19.9 Å². The fourth-order valence-corrected chi connectivity index (χ4v) is 2.27. The van der Waals surface area contributed by atoms with Gasteiger partial charge in [0.2, 0.25) is 0 Å². The third-order valence-electron chi connectivity index (χ3n) is 3.38. The minimum atomic E-state index is 0.704. The zero-order chi connectivity index (χ0) is 14.8. The van der Waals surface area contributed by atoms with E-state index in [1.807, 2.05) is 24.3 Å². The summed E-state index contributed by atoms with van der Waals surface area (Å²) in [5.74, 6) is 1.48. The quantitative estimate of drug-likeness (QED) is 0.736. The van der Waals surface area contributed by atoms with Gasteiger partial charge in [0, 0.05) is 17.2 Å². The average Bonchev–Trinajstić information content (AvgIpc) is 3.01. The number of methoxy groups -OCH3 is 2. The largest absolute Gasteiger partial charge is 0.497 e. The fourth-order valence-electron chi connectivity index (χ4n) is 2.27. The van der Waals surface area contributed by atoms with Crippen molar-refractivity contribution < 1.29 is 9.47 Å². The van der Waals surface area contributed by atoms with Gasteiger partial charge in [0.25, 0.3) is 0 Å². The zero-order valence-corrected chi connectivity index (χ0v) is 12.2. The van der Waals surface area contributed by atoms with E-state index >= 15 is 0 Å². The van der Waals surface area contributed by atoms with Crippen molar-refractivity contribution in [2.45, 2.75) is 13.3 Å². The molecule has 0 amide bonds. The first-order valence-electron chi connectivity index (χ1n) is 6.69. The maximum atomic E-state index is 5.48. The number of ether oxygens (including phenoxy) is 2. The van der Waals surface area contributed by atoms with E-state index in [4.69, 9.17) is 9.47 Å². The Bertz CT molecular complexity index is 782. The first-order valence-corrected chi connectivity index (χ1v) is 6.69. The zero-order valence-electron chi connectivity index (χ0n) is 12.2. The van der Waals surface area contributed by atoms with Crippen molar-refractivity contribution in [1.29, 1.82) is 0 Å². The highest BCUT2D eigenvalue weighted by Crippen LogP contribution is 2.35. The van der Waals surface area contributed by atoms with Crippen molar-refractivity contribution in [2.75, 3.05) is 14.2 Å². The van der Waals surface area contributed by atoms with Gasteiger partial charge in [-0.1, -0.05) is 6.92 Å². The lowest BCUT2D eigenvalue weighted by molar-refractivity contribution is 0.395. The maximum absolute atomic E-state index is 5.48. The molecule has 2 aromatic heterocycles. The van der Waals surface area contributed by atoms with Crippen LogP contribution in [0.3, 0.4) is 0 Å². The van der Waals surface area contributed by atoms with E-state index in [1.54, 1.807) is 25.1 Å². The normalized spacial score (nSPS) is 10.8. The Labute approximate surface area is 122 Å². The van der Waals surface area contributed by atoms with Crippen molar-refractivity contribution in [3.63, 3.8) is 0 Å². The molecule has 6 nitrogen and oxygen atoms in total. The van der Waals surface area contributed by atoms with Gasteiger partial charge in [-0.2, -0.15) is 9.61 Å². The smallest absolute Gasteiger partial charge is 0.185 e. The summed E-state index contributed by atoms with van der Waals surface area (Å²) < 4.78 is 12.4. The van der Waals surface area contributed by atoms with E-state index in [1.165, 1.54) is 0 Å². The number of aryl methyl sites for hydroxylation is 1. The molecule has 0 aliphatic rings. The van der Waals surface area contributed by atoms with Crippen LogP contribution in [0.25, 0.3) is 16.8 Å². The number of hydrogen-bond acceptors (Lipinski definition) is 5. The van der Waals surface area contributed by atoms with Crippen LogP contribution in [0.5, 0.6) is 11.5 Å². The maximum Gasteiger partial charge on any atom is 0.185 e. The molecular formula is C15H16N4O2. The van der Waals surface area contributed by atoms with Gasteiger partial charge in [0.1, 0.15) is 17.8 Å². The molecule has 2 heterocycles. The van der Waals surface area contributed by atoms with Gasteiger partial charge >= 0.3 is 0 Å². The molecule has 0 unspecified atom stereocenters. The Kier molecular flexibility index (Phi) is 3.43. The summed E-state index contributed by atoms with van der Waals surface area (Å²) in [6.45, 7) is 2.06. The summed E-state index contributed by atoms with van der Waals surface area (Å²) in [5.41, 5.74) is 3.55. The molecule has 21 heavy (non-hydrogen) atoms. The molecule has 0 bridgehead atoms. The summed E-state index contributed by atoms with van der Waals surface area (Å²) in [4.78, 5) is 0. The topological polar surface area (TPSA) is 61.5 Å². The third kappa shape index (κ3) is 2.29. The van der Waals surface area contributed by atoms with Crippen LogP contribution in [-0.2, 0) is 6.42 Å². The number of rotatable bonds is 4. The Morgan fingerprint density at radius 2 is 1.95 bits per heavy atom. The van der Waals surface area contributed by atoms with Crippen molar-refractivity contribution in [2.24, 2.45) is 0 Å². The molecular weight excluding hydrogens is 268 g/mol. The second kappa shape index (κ2) is 5.40. The second-order valence-corrected chi connectivity index (χ2v) is 4.57. The standard InChI is InChI=1S/C15H16N4O2/c1-4-10-7-13(15-17-16-9-19(15)18-10)12-6-5-11(20-2)8-14(12)21-3/h5-9H,4H2,1-3H3. The van der Waals surface area contributed by atoms with E-state index in [0.29, 0.717) is 5.65 Å². The van der Waals surface area contributed by atoms with E-state index in [-0.39, 0.29) is 0 Å². The third-order valence-corrected chi connectivity index (χ3v) is 3.38. The second-order valence-electron chi connectivity index (χ2n) is 4.57. The molecule has 108 valence electrons. The van der Waals surface area contributed by atoms with Gasteiger partial charge in [-0.15, -0.1) is 10.2 Å². The van der Waals surface area contributed by atoms with Crippen molar-refractivity contribution >= 4 is 5.65 Å². The number of fused-ring (bicyclic) bond motifs is 1. The molecule has 0 fully saturated rings. The Morgan fingerprint density at radius 1 is 1.10 bits per heavy atom. The van der Waals surface area contributed by atoms with Crippen LogP contribution in [0.15, 0.2) is 30.6 Å². The Morgan fingerprint density at radius 3 is 2.67 bits per heavy atom. The lowest BCUT2D eigenvalue weighted by Crippen LogP contribution is -2.00. The molecule has 6 heteroatoms. The first-order chi connectivity index (χ1) is 10.3. The van der Waals surface area contributed by atoms with Crippen LogP contribution >= 0.6 is 0 Å². The Balaban J connectivity index is 2.26. The fraction of sp³-hybridized carbons (Fsp3) is 0.267. The molecule has 0 saturated carbocycles. The van der Waals surface area contributed by atoms with Crippen LogP contribution in [0.2, 0.25) is 0 Å².